The van der Waals surface area contributed by atoms with Crippen LogP contribution in [0.3, 0.4) is 0 Å². The Morgan fingerprint density at radius 2 is 2.50 bits per heavy atom. The predicted octanol–water partition coefficient (Wildman–Crippen LogP) is 0.944. The summed E-state index contributed by atoms with van der Waals surface area (Å²) in [4.78, 5) is 13.5. The Balaban J connectivity index is 2.43. The lowest BCUT2D eigenvalue weighted by atomic mass is 10.2. The molecule has 0 N–H and O–H groups in total. The fourth-order valence-electron chi connectivity index (χ4n) is 1.23. The quantitative estimate of drug-likeness (QED) is 0.662. The van der Waals surface area contributed by atoms with Crippen molar-refractivity contribution >= 4 is 17.7 Å². The first kappa shape index (κ1) is 9.86. The van der Waals surface area contributed by atoms with E-state index in [1.807, 2.05) is 11.8 Å². The maximum absolute atomic E-state index is 11.6. The van der Waals surface area contributed by atoms with Gasteiger partial charge in [-0.15, -0.1) is 11.8 Å². The van der Waals surface area contributed by atoms with Gasteiger partial charge in [-0.3, -0.25) is 4.79 Å². The molecule has 0 saturated carbocycles. The molecular weight excluding hydrogens is 174 g/mol. The van der Waals surface area contributed by atoms with Crippen LogP contribution in [0.4, 0.5) is 0 Å². The molecule has 4 heteroatoms. The van der Waals surface area contributed by atoms with Crippen molar-refractivity contribution in [1.29, 1.82) is 0 Å². The van der Waals surface area contributed by atoms with Crippen LogP contribution in [0.15, 0.2) is 0 Å². The Kier molecular flexibility index (Phi) is 3.88. The summed E-state index contributed by atoms with van der Waals surface area (Å²) in [5.41, 5.74) is 0. The van der Waals surface area contributed by atoms with E-state index >= 15 is 0 Å². The number of rotatable bonds is 3. The number of nitrogens with zero attached hydrogens (tertiary/aromatic N) is 1. The molecule has 1 rings (SSSR count). The number of amides is 1. The van der Waals surface area contributed by atoms with E-state index in [0.717, 1.165) is 24.6 Å². The number of thioether (sulfide) groups is 1. The topological polar surface area (TPSA) is 29.5 Å². The Morgan fingerprint density at radius 1 is 1.75 bits per heavy atom. The van der Waals surface area contributed by atoms with Gasteiger partial charge in [0.1, 0.15) is 6.10 Å². The molecule has 12 heavy (non-hydrogen) atoms. The zero-order chi connectivity index (χ0) is 8.97. The summed E-state index contributed by atoms with van der Waals surface area (Å²) in [5.74, 6) is 2.04. The minimum atomic E-state index is -0.233. The standard InChI is InChI=1S/C8H15NO2S/c1-3-7(11-2)8(10)9-4-5-12-6-9/h7H,3-6H2,1-2H3. The van der Waals surface area contributed by atoms with E-state index in [-0.39, 0.29) is 12.0 Å². The first-order valence-corrected chi connectivity index (χ1v) is 5.34. The molecule has 1 aliphatic rings. The third kappa shape index (κ3) is 2.14. The van der Waals surface area contributed by atoms with Gasteiger partial charge < -0.3 is 9.64 Å². The Bertz CT molecular complexity index is 149. The van der Waals surface area contributed by atoms with E-state index < -0.39 is 0 Å². The molecule has 3 nitrogen and oxygen atoms in total. The van der Waals surface area contributed by atoms with E-state index in [1.54, 1.807) is 18.9 Å². The SMILES string of the molecule is CCC(OC)C(=O)N1CCSC1. The lowest BCUT2D eigenvalue weighted by Gasteiger charge is -2.20. The van der Waals surface area contributed by atoms with Gasteiger partial charge in [0.2, 0.25) is 0 Å². The average molecular weight is 189 g/mol. The molecule has 1 unspecified atom stereocenters. The van der Waals surface area contributed by atoms with Crippen molar-refractivity contribution < 1.29 is 9.53 Å². The molecule has 1 atom stereocenters. The molecule has 0 aromatic rings. The molecule has 70 valence electrons. The van der Waals surface area contributed by atoms with Crippen molar-refractivity contribution in [3.8, 4) is 0 Å². The number of carbonyl (C=O) groups is 1. The molecule has 1 heterocycles. The van der Waals surface area contributed by atoms with E-state index in [9.17, 15) is 4.79 Å². The second kappa shape index (κ2) is 4.72. The molecule has 0 spiro atoms. The van der Waals surface area contributed by atoms with Crippen LogP contribution in [0.1, 0.15) is 13.3 Å². The molecule has 1 fully saturated rings. The van der Waals surface area contributed by atoms with E-state index in [2.05, 4.69) is 0 Å². The minimum absolute atomic E-state index is 0.144. The summed E-state index contributed by atoms with van der Waals surface area (Å²) in [6, 6.07) is 0. The normalized spacial score (nSPS) is 19.7. The molecule has 1 aliphatic heterocycles. The van der Waals surface area contributed by atoms with Crippen LogP contribution in [0, 0.1) is 0 Å². The highest BCUT2D eigenvalue weighted by molar-refractivity contribution is 7.99. The molecule has 0 aromatic heterocycles. The Morgan fingerprint density at radius 3 is 2.92 bits per heavy atom. The molecule has 0 bridgehead atoms. The lowest BCUT2D eigenvalue weighted by molar-refractivity contribution is -0.140. The summed E-state index contributed by atoms with van der Waals surface area (Å²) >= 11 is 1.80. The van der Waals surface area contributed by atoms with Crippen LogP contribution >= 0.6 is 11.8 Å². The van der Waals surface area contributed by atoms with E-state index in [1.165, 1.54) is 0 Å². The monoisotopic (exact) mass is 189 g/mol. The number of hydrogen-bond acceptors (Lipinski definition) is 3. The number of carbonyl (C=O) groups excluding carboxylic acids is 1. The minimum Gasteiger partial charge on any atom is -0.372 e. The molecule has 0 aromatic carbocycles. The molecule has 0 radical (unpaired) electrons. The van der Waals surface area contributed by atoms with Gasteiger partial charge >= 0.3 is 0 Å². The van der Waals surface area contributed by atoms with Crippen molar-refractivity contribution in [2.45, 2.75) is 19.4 Å². The van der Waals surface area contributed by atoms with Crippen LogP contribution in [0.2, 0.25) is 0 Å². The van der Waals surface area contributed by atoms with Crippen molar-refractivity contribution in [3.05, 3.63) is 0 Å². The van der Waals surface area contributed by atoms with Crippen LogP contribution in [0.5, 0.6) is 0 Å². The van der Waals surface area contributed by atoms with Crippen molar-refractivity contribution in [2.75, 3.05) is 25.3 Å². The lowest BCUT2D eigenvalue weighted by Crippen LogP contribution is -2.37. The van der Waals surface area contributed by atoms with Gasteiger partial charge in [0.25, 0.3) is 5.91 Å². The fraction of sp³-hybridized carbons (Fsp3) is 0.875. The van der Waals surface area contributed by atoms with Crippen LogP contribution in [-0.4, -0.2) is 42.2 Å². The molecule has 1 amide bonds. The summed E-state index contributed by atoms with van der Waals surface area (Å²) in [5, 5.41) is 0. The molecule has 0 aliphatic carbocycles. The van der Waals surface area contributed by atoms with Gasteiger partial charge in [-0.2, -0.15) is 0 Å². The average Bonchev–Trinajstić information content (AvgIpc) is 2.58. The third-order valence-corrected chi connectivity index (χ3v) is 2.96. The Hall–Kier alpha value is -0.220. The summed E-state index contributed by atoms with van der Waals surface area (Å²) < 4.78 is 5.07. The van der Waals surface area contributed by atoms with Crippen LogP contribution in [-0.2, 0) is 9.53 Å². The second-order valence-electron chi connectivity index (χ2n) is 2.77. The largest absolute Gasteiger partial charge is 0.372 e. The summed E-state index contributed by atoms with van der Waals surface area (Å²) in [6.45, 7) is 2.85. The highest BCUT2D eigenvalue weighted by Crippen LogP contribution is 2.15. The van der Waals surface area contributed by atoms with Gasteiger partial charge in [-0.25, -0.2) is 0 Å². The number of ether oxygens (including phenoxy) is 1. The zero-order valence-electron chi connectivity index (χ0n) is 7.58. The van der Waals surface area contributed by atoms with Gasteiger partial charge in [-0.1, -0.05) is 6.92 Å². The second-order valence-corrected chi connectivity index (χ2v) is 3.85. The van der Waals surface area contributed by atoms with E-state index in [0.29, 0.717) is 0 Å². The third-order valence-electron chi connectivity index (χ3n) is 2.00. The van der Waals surface area contributed by atoms with Crippen molar-refractivity contribution in [2.24, 2.45) is 0 Å². The van der Waals surface area contributed by atoms with Gasteiger partial charge in [0.15, 0.2) is 0 Å². The maximum atomic E-state index is 11.6. The molecular formula is C8H15NO2S. The van der Waals surface area contributed by atoms with Gasteiger partial charge in [0.05, 0.1) is 5.88 Å². The summed E-state index contributed by atoms with van der Waals surface area (Å²) in [7, 11) is 1.59. The van der Waals surface area contributed by atoms with E-state index in [4.69, 9.17) is 4.74 Å². The highest BCUT2D eigenvalue weighted by atomic mass is 32.2. The highest BCUT2D eigenvalue weighted by Gasteiger charge is 2.24. The predicted molar refractivity (Wildman–Crippen MR) is 50.1 cm³/mol. The van der Waals surface area contributed by atoms with Gasteiger partial charge in [0, 0.05) is 19.4 Å². The zero-order valence-corrected chi connectivity index (χ0v) is 8.39. The van der Waals surface area contributed by atoms with Crippen LogP contribution in [0.25, 0.3) is 0 Å². The first-order chi connectivity index (χ1) is 5.79. The molecule has 1 saturated heterocycles. The number of methoxy groups -OCH3 is 1. The Labute approximate surface area is 77.4 Å². The smallest absolute Gasteiger partial charge is 0.252 e. The maximum Gasteiger partial charge on any atom is 0.252 e. The van der Waals surface area contributed by atoms with Crippen molar-refractivity contribution in [1.82, 2.24) is 4.90 Å². The number of hydrogen-bond donors (Lipinski definition) is 0. The van der Waals surface area contributed by atoms with Crippen LogP contribution < -0.4 is 0 Å². The fourth-order valence-corrected chi connectivity index (χ4v) is 2.19. The van der Waals surface area contributed by atoms with Gasteiger partial charge in [-0.05, 0) is 6.42 Å². The first-order valence-electron chi connectivity index (χ1n) is 4.19. The van der Waals surface area contributed by atoms with Crippen molar-refractivity contribution in [3.63, 3.8) is 0 Å². The summed E-state index contributed by atoms with van der Waals surface area (Å²) in [6.07, 6.45) is 0.528.